The average Bonchev–Trinajstić information content (AvgIpc) is 2.69. The molecule has 6 nitrogen and oxygen atoms in total. The standard InChI is InChI=1S/C21H34ClN3O3.HI/c1-4-23-21(24-16-17(2)28-20-8-5-7-18(22)15-20)25-11-9-19(10-12-25)27-14-6-13-26-3;/h5,7-8,15,17,19H,4,6,9-14,16H2,1-3H3,(H,23,24);1H. The van der Waals surface area contributed by atoms with Gasteiger partial charge in [-0.2, -0.15) is 0 Å². The molecule has 1 saturated heterocycles. The minimum absolute atomic E-state index is 0. The molecule has 1 unspecified atom stereocenters. The van der Waals surface area contributed by atoms with Crippen molar-refractivity contribution in [1.82, 2.24) is 10.2 Å². The zero-order valence-corrected chi connectivity index (χ0v) is 20.8. The van der Waals surface area contributed by atoms with Crippen LogP contribution >= 0.6 is 35.6 Å². The molecule has 0 saturated carbocycles. The third kappa shape index (κ3) is 10.2. The van der Waals surface area contributed by atoms with Gasteiger partial charge in [0.25, 0.3) is 0 Å². The van der Waals surface area contributed by atoms with Crippen molar-refractivity contribution in [2.75, 3.05) is 46.5 Å². The van der Waals surface area contributed by atoms with Gasteiger partial charge in [-0.1, -0.05) is 17.7 Å². The Labute approximate surface area is 197 Å². The lowest BCUT2D eigenvalue weighted by atomic mass is 10.1. The number of methoxy groups -OCH3 is 1. The molecule has 1 aromatic carbocycles. The summed E-state index contributed by atoms with van der Waals surface area (Å²) in [5, 5.41) is 4.07. The van der Waals surface area contributed by atoms with Crippen molar-refractivity contribution in [3.05, 3.63) is 29.3 Å². The van der Waals surface area contributed by atoms with Gasteiger partial charge in [0, 0.05) is 45.0 Å². The number of ether oxygens (including phenoxy) is 3. The molecule has 1 fully saturated rings. The highest BCUT2D eigenvalue weighted by molar-refractivity contribution is 14.0. The van der Waals surface area contributed by atoms with Gasteiger partial charge in [0.2, 0.25) is 0 Å². The second-order valence-electron chi connectivity index (χ2n) is 6.98. The zero-order valence-electron chi connectivity index (χ0n) is 17.7. The molecule has 0 aromatic heterocycles. The molecule has 1 atom stereocenters. The van der Waals surface area contributed by atoms with Crippen LogP contribution in [0.25, 0.3) is 0 Å². The van der Waals surface area contributed by atoms with Gasteiger partial charge in [0.1, 0.15) is 11.9 Å². The maximum atomic E-state index is 6.02. The Hall–Kier alpha value is -0.770. The molecular formula is C21H35ClIN3O3. The van der Waals surface area contributed by atoms with Gasteiger partial charge in [-0.05, 0) is 51.3 Å². The van der Waals surface area contributed by atoms with Crippen LogP contribution in [-0.4, -0.2) is 69.6 Å². The molecule has 0 radical (unpaired) electrons. The lowest BCUT2D eigenvalue weighted by Gasteiger charge is -2.34. The molecule has 1 aliphatic heterocycles. The van der Waals surface area contributed by atoms with E-state index in [1.54, 1.807) is 7.11 Å². The van der Waals surface area contributed by atoms with Crippen LogP contribution in [0.1, 0.15) is 33.1 Å². The smallest absolute Gasteiger partial charge is 0.194 e. The summed E-state index contributed by atoms with van der Waals surface area (Å²) >= 11 is 6.02. The Morgan fingerprint density at radius 2 is 2.07 bits per heavy atom. The van der Waals surface area contributed by atoms with E-state index in [-0.39, 0.29) is 30.1 Å². The van der Waals surface area contributed by atoms with Crippen molar-refractivity contribution in [1.29, 1.82) is 0 Å². The predicted molar refractivity (Wildman–Crippen MR) is 130 cm³/mol. The van der Waals surface area contributed by atoms with Crippen molar-refractivity contribution >= 4 is 41.5 Å². The fraction of sp³-hybridized carbons (Fsp3) is 0.667. The van der Waals surface area contributed by atoms with Crippen molar-refractivity contribution in [2.45, 2.75) is 45.3 Å². The van der Waals surface area contributed by atoms with E-state index < -0.39 is 0 Å². The minimum Gasteiger partial charge on any atom is -0.489 e. The quantitative estimate of drug-likeness (QED) is 0.209. The first-order valence-electron chi connectivity index (χ1n) is 10.2. The summed E-state index contributed by atoms with van der Waals surface area (Å²) in [6.07, 6.45) is 3.29. The Bertz CT molecular complexity index is 598. The highest BCUT2D eigenvalue weighted by Gasteiger charge is 2.22. The molecule has 0 amide bonds. The van der Waals surface area contributed by atoms with Gasteiger partial charge in [-0.3, -0.25) is 0 Å². The van der Waals surface area contributed by atoms with Crippen LogP contribution in [-0.2, 0) is 9.47 Å². The Morgan fingerprint density at radius 1 is 1.31 bits per heavy atom. The maximum absolute atomic E-state index is 6.02. The van der Waals surface area contributed by atoms with Gasteiger partial charge in [0.05, 0.1) is 12.6 Å². The number of hydrogen-bond acceptors (Lipinski definition) is 4. The molecule has 1 aromatic rings. The van der Waals surface area contributed by atoms with Crippen LogP contribution in [0.2, 0.25) is 5.02 Å². The van der Waals surface area contributed by atoms with Crippen molar-refractivity contribution in [3.8, 4) is 5.75 Å². The highest BCUT2D eigenvalue weighted by Crippen LogP contribution is 2.18. The van der Waals surface area contributed by atoms with Gasteiger partial charge in [-0.25, -0.2) is 4.99 Å². The second-order valence-corrected chi connectivity index (χ2v) is 7.42. The van der Waals surface area contributed by atoms with E-state index in [4.69, 9.17) is 30.8 Å². The molecule has 166 valence electrons. The monoisotopic (exact) mass is 539 g/mol. The van der Waals surface area contributed by atoms with Crippen molar-refractivity contribution in [3.63, 3.8) is 0 Å². The predicted octanol–water partition coefficient (Wildman–Crippen LogP) is 4.21. The minimum atomic E-state index is -0.0335. The first-order chi connectivity index (χ1) is 13.6. The summed E-state index contributed by atoms with van der Waals surface area (Å²) in [6.45, 7) is 8.96. The number of piperidine rings is 1. The number of nitrogens with zero attached hydrogens (tertiary/aromatic N) is 2. The summed E-state index contributed by atoms with van der Waals surface area (Å²) in [5.74, 6) is 1.72. The first kappa shape index (κ1) is 26.3. The van der Waals surface area contributed by atoms with Crippen LogP contribution in [0.15, 0.2) is 29.3 Å². The number of aliphatic imine (C=N–C) groups is 1. The van der Waals surface area contributed by atoms with E-state index in [0.29, 0.717) is 17.7 Å². The SMILES string of the molecule is CCNC(=NCC(C)Oc1cccc(Cl)c1)N1CCC(OCCCOC)CC1.I. The summed E-state index contributed by atoms with van der Waals surface area (Å²) in [5.41, 5.74) is 0. The molecule has 2 rings (SSSR count). The lowest BCUT2D eigenvalue weighted by molar-refractivity contribution is 0.00988. The van der Waals surface area contributed by atoms with Crippen LogP contribution < -0.4 is 10.1 Å². The number of benzene rings is 1. The van der Waals surface area contributed by atoms with E-state index in [2.05, 4.69) is 17.1 Å². The number of rotatable bonds is 10. The summed E-state index contributed by atoms with van der Waals surface area (Å²) < 4.78 is 16.9. The van der Waals surface area contributed by atoms with Crippen LogP contribution in [0, 0.1) is 0 Å². The van der Waals surface area contributed by atoms with Crippen molar-refractivity contribution < 1.29 is 14.2 Å². The molecule has 1 N–H and O–H groups in total. The van der Waals surface area contributed by atoms with E-state index >= 15 is 0 Å². The summed E-state index contributed by atoms with van der Waals surface area (Å²) in [7, 11) is 1.72. The zero-order chi connectivity index (χ0) is 20.2. The number of halogens is 2. The lowest BCUT2D eigenvalue weighted by Crippen LogP contribution is -2.47. The number of nitrogens with one attached hydrogen (secondary N) is 1. The Morgan fingerprint density at radius 3 is 2.72 bits per heavy atom. The molecule has 0 spiro atoms. The molecule has 8 heteroatoms. The third-order valence-corrected chi connectivity index (χ3v) is 4.79. The van der Waals surface area contributed by atoms with E-state index in [1.807, 2.05) is 31.2 Å². The average molecular weight is 540 g/mol. The number of hydrogen-bond donors (Lipinski definition) is 1. The Kier molecular flexibility index (Phi) is 13.7. The fourth-order valence-electron chi connectivity index (χ4n) is 3.14. The molecule has 1 aliphatic rings. The van der Waals surface area contributed by atoms with E-state index in [9.17, 15) is 0 Å². The van der Waals surface area contributed by atoms with Gasteiger partial charge in [0.15, 0.2) is 5.96 Å². The Balaban J connectivity index is 0.00000420. The van der Waals surface area contributed by atoms with Crippen LogP contribution in [0.4, 0.5) is 0 Å². The molecule has 29 heavy (non-hydrogen) atoms. The number of guanidine groups is 1. The normalized spacial score (nSPS) is 16.3. The third-order valence-electron chi connectivity index (χ3n) is 4.55. The van der Waals surface area contributed by atoms with Gasteiger partial charge >= 0.3 is 0 Å². The molecule has 0 bridgehead atoms. The topological polar surface area (TPSA) is 55.3 Å². The number of likely N-dealkylation sites (tertiary alicyclic amines) is 1. The molecule has 1 heterocycles. The maximum Gasteiger partial charge on any atom is 0.194 e. The largest absolute Gasteiger partial charge is 0.489 e. The van der Waals surface area contributed by atoms with Crippen LogP contribution in [0.3, 0.4) is 0 Å². The van der Waals surface area contributed by atoms with Gasteiger partial charge in [-0.15, -0.1) is 24.0 Å². The van der Waals surface area contributed by atoms with E-state index in [1.165, 1.54) is 0 Å². The fourth-order valence-corrected chi connectivity index (χ4v) is 3.32. The summed E-state index contributed by atoms with van der Waals surface area (Å²) in [6, 6.07) is 7.46. The highest BCUT2D eigenvalue weighted by atomic mass is 127. The van der Waals surface area contributed by atoms with Crippen LogP contribution in [0.5, 0.6) is 5.75 Å². The second kappa shape index (κ2) is 15.1. The molecule has 0 aliphatic carbocycles. The van der Waals surface area contributed by atoms with E-state index in [0.717, 1.165) is 63.8 Å². The van der Waals surface area contributed by atoms with Gasteiger partial charge < -0.3 is 24.4 Å². The first-order valence-corrected chi connectivity index (χ1v) is 10.6. The van der Waals surface area contributed by atoms with Crippen molar-refractivity contribution in [2.24, 2.45) is 4.99 Å². The molecular weight excluding hydrogens is 505 g/mol. The summed E-state index contributed by atoms with van der Waals surface area (Å²) in [4.78, 5) is 7.09.